The van der Waals surface area contributed by atoms with E-state index in [1.165, 1.54) is 25.1 Å². The van der Waals surface area contributed by atoms with E-state index in [-0.39, 0.29) is 18.1 Å². The summed E-state index contributed by atoms with van der Waals surface area (Å²) in [5.41, 5.74) is 1.65. The molecule has 0 bridgehead atoms. The quantitative estimate of drug-likeness (QED) is 0.615. The molecule has 0 saturated heterocycles. The summed E-state index contributed by atoms with van der Waals surface area (Å²) in [6.45, 7) is 3.23. The van der Waals surface area contributed by atoms with E-state index in [0.717, 1.165) is 27.8 Å². The number of hydrogen-bond donors (Lipinski definition) is 1. The van der Waals surface area contributed by atoms with Crippen LogP contribution in [-0.4, -0.2) is 36.8 Å². The van der Waals surface area contributed by atoms with Crippen LogP contribution in [0.4, 0.5) is 10.1 Å². The molecule has 158 valence electrons. The predicted molar refractivity (Wildman–Crippen MR) is 110 cm³/mol. The second kappa shape index (κ2) is 8.62. The lowest BCUT2D eigenvalue weighted by Gasteiger charge is -2.28. The molecule has 0 unspecified atom stereocenters. The van der Waals surface area contributed by atoms with E-state index in [1.54, 1.807) is 0 Å². The Hall–Kier alpha value is -3.27. The fourth-order valence-corrected chi connectivity index (χ4v) is 4.04. The molecule has 1 aromatic heterocycles. The van der Waals surface area contributed by atoms with Crippen LogP contribution in [0.2, 0.25) is 0 Å². The van der Waals surface area contributed by atoms with Gasteiger partial charge in [0.1, 0.15) is 11.9 Å². The Morgan fingerprint density at radius 3 is 2.50 bits per heavy atom. The molecule has 0 fully saturated rings. The Labute approximate surface area is 173 Å². The summed E-state index contributed by atoms with van der Waals surface area (Å²) in [6, 6.07) is 11.7. The fraction of sp³-hybridized carbons (Fsp3) is 0.250. The third kappa shape index (κ3) is 4.82. The van der Waals surface area contributed by atoms with E-state index in [2.05, 4.69) is 15.5 Å². The van der Waals surface area contributed by atoms with Gasteiger partial charge in [0.2, 0.25) is 27.6 Å². The lowest BCUT2D eigenvalue weighted by molar-refractivity contribution is -0.122. The number of nitrogens with one attached hydrogen (secondary N) is 1. The number of amides is 1. The van der Waals surface area contributed by atoms with E-state index in [1.807, 2.05) is 31.2 Å². The molecule has 30 heavy (non-hydrogen) atoms. The number of halogens is 1. The van der Waals surface area contributed by atoms with Gasteiger partial charge in [0.15, 0.2) is 0 Å². The second-order valence-electron chi connectivity index (χ2n) is 6.78. The van der Waals surface area contributed by atoms with Gasteiger partial charge in [-0.05, 0) is 26.0 Å². The van der Waals surface area contributed by atoms with Gasteiger partial charge in [-0.3, -0.25) is 9.10 Å². The number of hydrogen-bond acceptors (Lipinski definition) is 6. The zero-order valence-electron chi connectivity index (χ0n) is 16.7. The monoisotopic (exact) mass is 432 g/mol. The molecule has 0 spiro atoms. The van der Waals surface area contributed by atoms with Crippen molar-refractivity contribution in [2.45, 2.75) is 26.4 Å². The Morgan fingerprint density at radius 2 is 1.87 bits per heavy atom. The number of sulfonamides is 1. The SMILES string of the molecule is Cc1ccc(-c2noc(CNC(=O)[C@H](C)N(c3ccccc3F)S(C)(=O)=O)n2)cc1. The lowest BCUT2D eigenvalue weighted by Crippen LogP contribution is -2.48. The van der Waals surface area contributed by atoms with Crippen LogP contribution in [-0.2, 0) is 21.4 Å². The summed E-state index contributed by atoms with van der Waals surface area (Å²) < 4.78 is 44.5. The molecule has 0 aliphatic heterocycles. The zero-order chi connectivity index (χ0) is 21.9. The summed E-state index contributed by atoms with van der Waals surface area (Å²) in [4.78, 5) is 16.8. The molecule has 1 amide bonds. The summed E-state index contributed by atoms with van der Waals surface area (Å²) in [5.74, 6) is -0.861. The Bertz CT molecular complexity index is 1150. The molecule has 1 heterocycles. The highest BCUT2D eigenvalue weighted by molar-refractivity contribution is 7.92. The van der Waals surface area contributed by atoms with Crippen LogP contribution in [0.25, 0.3) is 11.4 Å². The maximum absolute atomic E-state index is 14.2. The minimum Gasteiger partial charge on any atom is -0.345 e. The van der Waals surface area contributed by atoms with Gasteiger partial charge >= 0.3 is 0 Å². The average molecular weight is 432 g/mol. The molecule has 3 rings (SSSR count). The van der Waals surface area contributed by atoms with Gasteiger partial charge in [0.25, 0.3) is 0 Å². The molecular weight excluding hydrogens is 411 g/mol. The topological polar surface area (TPSA) is 105 Å². The third-order valence-corrected chi connectivity index (χ3v) is 5.60. The summed E-state index contributed by atoms with van der Waals surface area (Å²) in [5, 5.41) is 6.43. The summed E-state index contributed by atoms with van der Waals surface area (Å²) >= 11 is 0. The predicted octanol–water partition coefficient (Wildman–Crippen LogP) is 2.66. The lowest BCUT2D eigenvalue weighted by atomic mass is 10.1. The van der Waals surface area contributed by atoms with Crippen molar-refractivity contribution in [2.24, 2.45) is 0 Å². The zero-order valence-corrected chi connectivity index (χ0v) is 17.5. The van der Waals surface area contributed by atoms with Crippen LogP contribution in [0, 0.1) is 12.7 Å². The van der Waals surface area contributed by atoms with Crippen LogP contribution >= 0.6 is 0 Å². The molecular formula is C20H21FN4O4S. The Kier molecular flexibility index (Phi) is 6.16. The largest absolute Gasteiger partial charge is 0.345 e. The highest BCUT2D eigenvalue weighted by Crippen LogP contribution is 2.24. The molecule has 10 heteroatoms. The van der Waals surface area contributed by atoms with Gasteiger partial charge in [-0.25, -0.2) is 12.8 Å². The first-order chi connectivity index (χ1) is 14.2. The number of benzene rings is 2. The van der Waals surface area contributed by atoms with Gasteiger partial charge in [-0.15, -0.1) is 0 Å². The van der Waals surface area contributed by atoms with Gasteiger partial charge in [0, 0.05) is 5.56 Å². The number of rotatable bonds is 7. The number of carbonyl (C=O) groups is 1. The number of nitrogens with zero attached hydrogens (tertiary/aromatic N) is 3. The van der Waals surface area contributed by atoms with Crippen molar-refractivity contribution in [3.63, 3.8) is 0 Å². The minimum atomic E-state index is -3.92. The summed E-state index contributed by atoms with van der Waals surface area (Å²) in [6.07, 6.45) is 0.912. The van der Waals surface area contributed by atoms with Crippen molar-refractivity contribution in [3.8, 4) is 11.4 Å². The molecule has 0 aliphatic carbocycles. The van der Waals surface area contributed by atoms with Gasteiger partial charge in [-0.2, -0.15) is 4.98 Å². The maximum Gasteiger partial charge on any atom is 0.246 e. The van der Waals surface area contributed by atoms with Crippen molar-refractivity contribution in [3.05, 3.63) is 65.8 Å². The molecule has 1 atom stereocenters. The first-order valence-electron chi connectivity index (χ1n) is 9.08. The van der Waals surface area contributed by atoms with Gasteiger partial charge in [0.05, 0.1) is 18.5 Å². The highest BCUT2D eigenvalue weighted by atomic mass is 32.2. The van der Waals surface area contributed by atoms with Crippen molar-refractivity contribution in [2.75, 3.05) is 10.6 Å². The van der Waals surface area contributed by atoms with Gasteiger partial charge < -0.3 is 9.84 Å². The van der Waals surface area contributed by atoms with Gasteiger partial charge in [-0.1, -0.05) is 47.1 Å². The molecule has 8 nitrogen and oxygen atoms in total. The van der Waals surface area contributed by atoms with Crippen LogP contribution in [0.1, 0.15) is 18.4 Å². The van der Waals surface area contributed by atoms with Crippen LogP contribution < -0.4 is 9.62 Å². The fourth-order valence-electron chi connectivity index (χ4n) is 2.87. The number of anilines is 1. The first kappa shape index (κ1) is 21.4. The van der Waals surface area contributed by atoms with Crippen LogP contribution in [0.5, 0.6) is 0 Å². The molecule has 2 aromatic carbocycles. The van der Waals surface area contributed by atoms with Crippen molar-refractivity contribution in [1.29, 1.82) is 0 Å². The number of para-hydroxylation sites is 1. The molecule has 1 N–H and O–H groups in total. The molecule has 0 saturated carbocycles. The van der Waals surface area contributed by atoms with Crippen molar-refractivity contribution >= 4 is 21.6 Å². The highest BCUT2D eigenvalue weighted by Gasteiger charge is 2.31. The van der Waals surface area contributed by atoms with E-state index >= 15 is 0 Å². The Balaban J connectivity index is 1.72. The third-order valence-electron chi connectivity index (χ3n) is 4.37. The maximum atomic E-state index is 14.2. The summed E-state index contributed by atoms with van der Waals surface area (Å²) in [7, 11) is -3.92. The first-order valence-corrected chi connectivity index (χ1v) is 10.9. The number of carbonyl (C=O) groups excluding carboxylic acids is 1. The molecule has 0 aliphatic rings. The molecule has 3 aromatic rings. The Morgan fingerprint density at radius 1 is 1.20 bits per heavy atom. The minimum absolute atomic E-state index is 0.100. The normalized spacial score (nSPS) is 12.4. The second-order valence-corrected chi connectivity index (χ2v) is 8.64. The van der Waals surface area contributed by atoms with E-state index in [0.29, 0.717) is 5.82 Å². The van der Waals surface area contributed by atoms with Crippen molar-refractivity contribution in [1.82, 2.24) is 15.5 Å². The van der Waals surface area contributed by atoms with E-state index in [4.69, 9.17) is 4.52 Å². The standard InChI is InChI=1S/C20H21FN4O4S/c1-13-8-10-15(11-9-13)19-23-18(29-24-19)12-22-20(26)14(2)25(30(3,27)28)17-7-5-4-6-16(17)21/h4-11,14H,12H2,1-3H3,(H,22,26)/t14-/m0/s1. The smallest absolute Gasteiger partial charge is 0.246 e. The average Bonchev–Trinajstić information content (AvgIpc) is 3.16. The number of aromatic nitrogens is 2. The number of aryl methyl sites for hydroxylation is 1. The van der Waals surface area contributed by atoms with Crippen LogP contribution in [0.3, 0.4) is 0 Å². The van der Waals surface area contributed by atoms with E-state index in [9.17, 15) is 17.6 Å². The molecule has 0 radical (unpaired) electrons. The van der Waals surface area contributed by atoms with Crippen LogP contribution in [0.15, 0.2) is 53.1 Å². The van der Waals surface area contributed by atoms with E-state index < -0.39 is 27.8 Å². The van der Waals surface area contributed by atoms with Crippen molar-refractivity contribution < 1.29 is 22.1 Å².